The number of hydrogen-bond donors (Lipinski definition) is 1. The summed E-state index contributed by atoms with van der Waals surface area (Å²) in [6.07, 6.45) is 0. The van der Waals surface area contributed by atoms with Crippen LogP contribution in [-0.2, 0) is 10.1 Å². The van der Waals surface area contributed by atoms with Crippen LogP contribution < -0.4 is 34.3 Å². The van der Waals surface area contributed by atoms with Gasteiger partial charge in [-0.3, -0.25) is 4.55 Å². The third kappa shape index (κ3) is 4.45. The molecule has 0 aliphatic carbocycles. The Balaban J connectivity index is 0.00000243. The minimum absolute atomic E-state index is 0. The van der Waals surface area contributed by atoms with E-state index in [1.54, 1.807) is 16.4 Å². The monoisotopic (exact) mass is 433 g/mol. The zero-order chi connectivity index (χ0) is 18.2. The fraction of sp³-hybridized carbons (Fsp3) is 0.118. The molecule has 26 heavy (non-hydrogen) atoms. The molecule has 4 nitrogen and oxygen atoms in total. The maximum absolute atomic E-state index is 11.7. The average molecular weight is 434 g/mol. The normalized spacial score (nSPS) is 11.0. The third-order valence-corrected chi connectivity index (χ3v) is 7.62. The minimum atomic E-state index is -4.41. The molecular formula is C17H14NaO4S4+. The van der Waals surface area contributed by atoms with Crippen LogP contribution in [0.3, 0.4) is 0 Å². The van der Waals surface area contributed by atoms with Crippen molar-refractivity contribution in [3.8, 4) is 27.3 Å². The minimum Gasteiger partial charge on any atom is -0.495 e. The standard InChI is InChI=1S/C17H14O4S4.Na/c1-10-3-5-11(6-4-10)16-15(17(22)24-23-16)12-7-8-13(21-2)14(9-12)25(18,19)20;/h3-9H,1-2H3,(H,18,19,20);/q;+1. The molecule has 9 heteroatoms. The summed E-state index contributed by atoms with van der Waals surface area (Å²) in [4.78, 5) is 0.703. The van der Waals surface area contributed by atoms with Gasteiger partial charge in [-0.15, -0.1) is 0 Å². The Morgan fingerprint density at radius 3 is 2.23 bits per heavy atom. The van der Waals surface area contributed by atoms with E-state index in [1.807, 2.05) is 31.2 Å². The van der Waals surface area contributed by atoms with Gasteiger partial charge >= 0.3 is 29.6 Å². The Hall–Kier alpha value is -0.580. The van der Waals surface area contributed by atoms with E-state index in [0.717, 1.165) is 21.6 Å². The zero-order valence-electron chi connectivity index (χ0n) is 14.3. The molecule has 0 fully saturated rings. The first kappa shape index (κ1) is 21.7. The van der Waals surface area contributed by atoms with Crippen molar-refractivity contribution in [2.24, 2.45) is 0 Å². The molecule has 0 spiro atoms. The summed E-state index contributed by atoms with van der Waals surface area (Å²) >= 11 is 5.46. The Bertz CT molecular complexity index is 1080. The van der Waals surface area contributed by atoms with Crippen LogP contribution >= 0.6 is 32.9 Å². The number of aryl methyl sites for hydroxylation is 1. The van der Waals surface area contributed by atoms with Gasteiger partial charge in [-0.2, -0.15) is 8.42 Å². The van der Waals surface area contributed by atoms with Crippen LogP contribution in [0.15, 0.2) is 47.4 Å². The van der Waals surface area contributed by atoms with Gasteiger partial charge in [0.15, 0.2) is 0 Å². The van der Waals surface area contributed by atoms with Crippen molar-refractivity contribution in [1.29, 1.82) is 0 Å². The summed E-state index contributed by atoms with van der Waals surface area (Å²) < 4.78 is 38.5. The molecule has 0 unspecified atom stereocenters. The van der Waals surface area contributed by atoms with Crippen molar-refractivity contribution in [2.75, 3.05) is 7.11 Å². The van der Waals surface area contributed by atoms with E-state index in [0.29, 0.717) is 9.39 Å². The van der Waals surface area contributed by atoms with Gasteiger partial charge < -0.3 is 4.74 Å². The first-order valence-corrected chi connectivity index (χ1v) is 11.2. The van der Waals surface area contributed by atoms with Gasteiger partial charge in [0.05, 0.1) is 12.0 Å². The summed E-state index contributed by atoms with van der Waals surface area (Å²) in [5, 5.41) is 0. The van der Waals surface area contributed by atoms with Crippen LogP contribution in [0.25, 0.3) is 21.6 Å². The van der Waals surface area contributed by atoms with Gasteiger partial charge in [0.25, 0.3) is 10.1 Å². The quantitative estimate of drug-likeness (QED) is 0.296. The number of benzene rings is 2. The number of ether oxygens (including phenoxy) is 1. The van der Waals surface area contributed by atoms with Crippen molar-refractivity contribution in [1.82, 2.24) is 0 Å². The molecule has 2 aromatic carbocycles. The number of methoxy groups -OCH3 is 1. The Labute approximate surface area is 186 Å². The van der Waals surface area contributed by atoms with Crippen molar-refractivity contribution >= 4 is 43.0 Å². The second-order valence-electron chi connectivity index (χ2n) is 5.36. The van der Waals surface area contributed by atoms with Crippen LogP contribution in [0.2, 0.25) is 0 Å². The van der Waals surface area contributed by atoms with Gasteiger partial charge in [0, 0.05) is 5.56 Å². The Kier molecular flexibility index (Phi) is 7.20. The van der Waals surface area contributed by atoms with E-state index in [4.69, 9.17) is 17.0 Å². The Morgan fingerprint density at radius 2 is 1.65 bits per heavy atom. The van der Waals surface area contributed by atoms with Crippen LogP contribution in [0, 0.1) is 10.7 Å². The second-order valence-corrected chi connectivity index (χ2v) is 9.57. The van der Waals surface area contributed by atoms with Gasteiger partial charge in [0.2, 0.25) is 0 Å². The SMILES string of the molecule is COc1ccc(-c2c(-c3ccc(C)cc3)ssc2=S)cc1S(=O)(=O)O.[Na+]. The van der Waals surface area contributed by atoms with Crippen molar-refractivity contribution in [2.45, 2.75) is 11.8 Å². The fourth-order valence-electron chi connectivity index (χ4n) is 2.44. The summed E-state index contributed by atoms with van der Waals surface area (Å²) in [7, 11) is -0.0445. The van der Waals surface area contributed by atoms with Crippen LogP contribution in [0.4, 0.5) is 0 Å². The van der Waals surface area contributed by atoms with E-state index in [-0.39, 0.29) is 40.2 Å². The largest absolute Gasteiger partial charge is 1.00 e. The summed E-state index contributed by atoms with van der Waals surface area (Å²) in [5.41, 5.74) is 3.59. The van der Waals surface area contributed by atoms with E-state index in [2.05, 4.69) is 0 Å². The molecule has 130 valence electrons. The fourth-order valence-corrected chi connectivity index (χ4v) is 6.04. The molecule has 0 radical (unpaired) electrons. The summed E-state index contributed by atoms with van der Waals surface area (Å²) in [5.74, 6) is 0.0907. The van der Waals surface area contributed by atoms with Crippen molar-refractivity contribution in [3.63, 3.8) is 0 Å². The molecular weight excluding hydrogens is 419 g/mol. The molecule has 1 N–H and O–H groups in total. The number of rotatable bonds is 4. The van der Waals surface area contributed by atoms with Crippen molar-refractivity contribution < 1.29 is 47.3 Å². The van der Waals surface area contributed by atoms with Gasteiger partial charge in [-0.05, 0) is 30.2 Å². The molecule has 0 bridgehead atoms. The zero-order valence-corrected chi connectivity index (χ0v) is 19.6. The molecule has 3 rings (SSSR count). The molecule has 1 heterocycles. The maximum atomic E-state index is 11.7. The first-order valence-electron chi connectivity index (χ1n) is 7.17. The topological polar surface area (TPSA) is 63.6 Å². The maximum Gasteiger partial charge on any atom is 1.00 e. The number of hydrogen-bond acceptors (Lipinski definition) is 6. The molecule has 0 saturated heterocycles. The van der Waals surface area contributed by atoms with Crippen LogP contribution in [0.5, 0.6) is 5.75 Å². The average Bonchev–Trinajstić information content (AvgIpc) is 2.96. The predicted octanol–water partition coefficient (Wildman–Crippen LogP) is 2.44. The molecule has 0 atom stereocenters. The smallest absolute Gasteiger partial charge is 0.495 e. The second kappa shape index (κ2) is 8.62. The van der Waals surface area contributed by atoms with E-state index in [1.165, 1.54) is 29.6 Å². The molecule has 3 aromatic rings. The predicted molar refractivity (Wildman–Crippen MR) is 105 cm³/mol. The van der Waals surface area contributed by atoms with Crippen molar-refractivity contribution in [3.05, 3.63) is 51.9 Å². The van der Waals surface area contributed by atoms with Crippen LogP contribution in [0.1, 0.15) is 5.56 Å². The third-order valence-electron chi connectivity index (χ3n) is 3.68. The van der Waals surface area contributed by atoms with Gasteiger partial charge in [0.1, 0.15) is 14.5 Å². The van der Waals surface area contributed by atoms with E-state index in [9.17, 15) is 13.0 Å². The molecule has 0 saturated carbocycles. The molecule has 1 aromatic heterocycles. The summed E-state index contributed by atoms with van der Waals surface area (Å²) in [6.45, 7) is 2.02. The molecule has 0 aliphatic heterocycles. The van der Waals surface area contributed by atoms with Gasteiger partial charge in [-0.25, -0.2) is 0 Å². The van der Waals surface area contributed by atoms with Crippen LogP contribution in [-0.4, -0.2) is 20.1 Å². The summed E-state index contributed by atoms with van der Waals surface area (Å²) in [6, 6.07) is 12.7. The van der Waals surface area contributed by atoms with Gasteiger partial charge in [-0.1, -0.05) is 68.8 Å². The molecule has 0 aliphatic rings. The van der Waals surface area contributed by atoms with E-state index < -0.39 is 10.1 Å². The first-order chi connectivity index (χ1) is 11.8. The molecule has 0 amide bonds. The van der Waals surface area contributed by atoms with E-state index >= 15 is 0 Å². The Morgan fingerprint density at radius 1 is 1.04 bits per heavy atom.